The Morgan fingerprint density at radius 3 is 1.13 bits per heavy atom. The summed E-state index contributed by atoms with van der Waals surface area (Å²) < 4.78 is 16.6. The molecule has 272 valence electrons. The lowest BCUT2D eigenvalue weighted by Gasteiger charge is -2.18. The maximum atomic E-state index is 12.5. The van der Waals surface area contributed by atoms with Gasteiger partial charge < -0.3 is 14.2 Å². The molecule has 0 radical (unpaired) electrons. The lowest BCUT2D eigenvalue weighted by atomic mass is 10.00. The minimum atomic E-state index is -0.757. The van der Waals surface area contributed by atoms with Gasteiger partial charge >= 0.3 is 17.9 Å². The molecule has 0 spiro atoms. The van der Waals surface area contributed by atoms with E-state index in [9.17, 15) is 14.4 Å². The Morgan fingerprint density at radius 1 is 0.435 bits per heavy atom. The molecule has 0 amide bonds. The second-order valence-corrected chi connectivity index (χ2v) is 13.8. The Kier molecular flexibility index (Phi) is 33.5. The van der Waals surface area contributed by atoms with E-state index in [1.807, 2.05) is 0 Å². The van der Waals surface area contributed by atoms with Gasteiger partial charge in [0.15, 0.2) is 6.10 Å². The van der Waals surface area contributed by atoms with E-state index in [1.165, 1.54) is 109 Å². The van der Waals surface area contributed by atoms with Gasteiger partial charge in [0.1, 0.15) is 13.2 Å². The number of unbranched alkanes of at least 4 members (excludes halogenated alkanes) is 21. The van der Waals surface area contributed by atoms with Crippen molar-refractivity contribution < 1.29 is 28.6 Å². The average molecular weight is 653 g/mol. The molecule has 0 aromatic heterocycles. The number of ether oxygens (including phenoxy) is 3. The van der Waals surface area contributed by atoms with Crippen LogP contribution in [0.1, 0.15) is 214 Å². The highest BCUT2D eigenvalue weighted by molar-refractivity contribution is 5.71. The van der Waals surface area contributed by atoms with E-state index in [0.29, 0.717) is 19.3 Å². The summed E-state index contributed by atoms with van der Waals surface area (Å²) in [6, 6.07) is 0. The van der Waals surface area contributed by atoms with Crippen LogP contribution in [0, 0.1) is 5.92 Å². The number of esters is 3. The molecule has 6 heteroatoms. The van der Waals surface area contributed by atoms with E-state index >= 15 is 0 Å². The van der Waals surface area contributed by atoms with Crippen LogP contribution in [-0.2, 0) is 28.6 Å². The third kappa shape index (κ3) is 32.4. The quantitative estimate of drug-likeness (QED) is 0.0385. The van der Waals surface area contributed by atoms with Gasteiger partial charge in [-0.15, -0.1) is 0 Å². The molecular weight excluding hydrogens is 576 g/mol. The molecule has 0 bridgehead atoms. The summed E-state index contributed by atoms with van der Waals surface area (Å²) in [7, 11) is 0. The van der Waals surface area contributed by atoms with E-state index in [2.05, 4.69) is 27.7 Å². The van der Waals surface area contributed by atoms with Crippen LogP contribution in [0.4, 0.5) is 0 Å². The Hall–Kier alpha value is -1.59. The molecule has 1 unspecified atom stereocenters. The average Bonchev–Trinajstić information content (AvgIpc) is 3.05. The zero-order valence-electron chi connectivity index (χ0n) is 31.0. The number of carbonyl (C=O) groups excluding carboxylic acids is 3. The predicted molar refractivity (Wildman–Crippen MR) is 192 cm³/mol. The van der Waals surface area contributed by atoms with E-state index < -0.39 is 6.10 Å². The highest BCUT2D eigenvalue weighted by atomic mass is 16.6. The first-order chi connectivity index (χ1) is 22.4. The maximum absolute atomic E-state index is 12.5. The smallest absolute Gasteiger partial charge is 0.306 e. The topological polar surface area (TPSA) is 78.9 Å². The highest BCUT2D eigenvalue weighted by Crippen LogP contribution is 2.16. The van der Waals surface area contributed by atoms with Crippen molar-refractivity contribution in [1.82, 2.24) is 0 Å². The standard InChI is InChI=1S/C40H76O6/c1-5-8-10-12-14-15-16-17-19-23-27-31-38(41)44-34-37(46-40(43)33-29-25-18-13-11-9-6-2)35-45-39(42)32-28-24-21-20-22-26-30-36(4)7-3/h36-37H,5-35H2,1-4H3/t36?,37-/m0/s1. The largest absolute Gasteiger partial charge is 0.462 e. The third-order valence-electron chi connectivity index (χ3n) is 9.15. The second kappa shape index (κ2) is 34.7. The third-order valence-corrected chi connectivity index (χ3v) is 9.15. The normalized spacial score (nSPS) is 12.5. The lowest BCUT2D eigenvalue weighted by molar-refractivity contribution is -0.167. The van der Waals surface area contributed by atoms with Crippen molar-refractivity contribution >= 4 is 17.9 Å². The van der Waals surface area contributed by atoms with Crippen LogP contribution in [0.3, 0.4) is 0 Å². The molecule has 0 rings (SSSR count). The molecule has 2 atom stereocenters. The molecule has 6 nitrogen and oxygen atoms in total. The van der Waals surface area contributed by atoms with E-state index in [1.54, 1.807) is 0 Å². The molecule has 0 saturated heterocycles. The fraction of sp³-hybridized carbons (Fsp3) is 0.925. The van der Waals surface area contributed by atoms with Gasteiger partial charge in [-0.1, -0.05) is 175 Å². The molecule has 0 aromatic carbocycles. The Labute approximate surface area is 285 Å². The van der Waals surface area contributed by atoms with Gasteiger partial charge in [0, 0.05) is 19.3 Å². The van der Waals surface area contributed by atoms with Crippen LogP contribution < -0.4 is 0 Å². The summed E-state index contributed by atoms with van der Waals surface area (Å²) in [4.78, 5) is 37.3. The molecule has 0 aromatic rings. The highest BCUT2D eigenvalue weighted by Gasteiger charge is 2.19. The first kappa shape index (κ1) is 44.4. The van der Waals surface area contributed by atoms with E-state index in [0.717, 1.165) is 63.7 Å². The van der Waals surface area contributed by atoms with Gasteiger partial charge in [0.2, 0.25) is 0 Å². The molecule has 0 aliphatic rings. The number of hydrogen-bond acceptors (Lipinski definition) is 6. The fourth-order valence-corrected chi connectivity index (χ4v) is 5.71. The number of rotatable bonds is 35. The lowest BCUT2D eigenvalue weighted by Crippen LogP contribution is -2.30. The molecular formula is C40H76O6. The first-order valence-electron chi connectivity index (χ1n) is 19.9. The molecule has 0 aliphatic carbocycles. The second-order valence-electron chi connectivity index (χ2n) is 13.8. The zero-order valence-corrected chi connectivity index (χ0v) is 31.0. The van der Waals surface area contributed by atoms with Crippen molar-refractivity contribution in [2.24, 2.45) is 5.92 Å². The van der Waals surface area contributed by atoms with Gasteiger partial charge in [-0.05, 0) is 25.2 Å². The van der Waals surface area contributed by atoms with Gasteiger partial charge in [0.05, 0.1) is 0 Å². The van der Waals surface area contributed by atoms with Gasteiger partial charge in [-0.3, -0.25) is 14.4 Å². The molecule has 0 fully saturated rings. The van der Waals surface area contributed by atoms with E-state index in [-0.39, 0.29) is 31.1 Å². The van der Waals surface area contributed by atoms with Crippen molar-refractivity contribution in [3.05, 3.63) is 0 Å². The molecule has 0 saturated carbocycles. The summed E-state index contributed by atoms with van der Waals surface area (Å²) in [5, 5.41) is 0. The van der Waals surface area contributed by atoms with Crippen LogP contribution in [0.15, 0.2) is 0 Å². The van der Waals surface area contributed by atoms with Crippen LogP contribution in [-0.4, -0.2) is 37.2 Å². The summed E-state index contributed by atoms with van der Waals surface area (Å²) in [6.45, 7) is 8.89. The first-order valence-corrected chi connectivity index (χ1v) is 19.9. The monoisotopic (exact) mass is 653 g/mol. The van der Waals surface area contributed by atoms with Gasteiger partial charge in [-0.25, -0.2) is 0 Å². The number of hydrogen-bond donors (Lipinski definition) is 0. The van der Waals surface area contributed by atoms with Crippen molar-refractivity contribution in [3.8, 4) is 0 Å². The van der Waals surface area contributed by atoms with Crippen molar-refractivity contribution in [2.45, 2.75) is 220 Å². The van der Waals surface area contributed by atoms with Crippen molar-refractivity contribution in [1.29, 1.82) is 0 Å². The SMILES string of the molecule is CCCCCCCCCCCCCC(=O)OC[C@@H](COC(=O)CCCCCCCCC(C)CC)OC(=O)CCCCCCCCC. The fourth-order valence-electron chi connectivity index (χ4n) is 5.71. The van der Waals surface area contributed by atoms with Crippen LogP contribution >= 0.6 is 0 Å². The van der Waals surface area contributed by atoms with Crippen LogP contribution in [0.2, 0.25) is 0 Å². The Bertz CT molecular complexity index is 693. The molecule has 0 N–H and O–H groups in total. The van der Waals surface area contributed by atoms with Gasteiger partial charge in [0.25, 0.3) is 0 Å². The van der Waals surface area contributed by atoms with Crippen molar-refractivity contribution in [3.63, 3.8) is 0 Å². The zero-order chi connectivity index (χ0) is 33.9. The van der Waals surface area contributed by atoms with E-state index in [4.69, 9.17) is 14.2 Å². The Morgan fingerprint density at radius 2 is 0.761 bits per heavy atom. The minimum absolute atomic E-state index is 0.0659. The van der Waals surface area contributed by atoms with Crippen LogP contribution in [0.25, 0.3) is 0 Å². The summed E-state index contributed by atoms with van der Waals surface area (Å²) in [5.41, 5.74) is 0. The summed E-state index contributed by atoms with van der Waals surface area (Å²) in [5.74, 6) is -0.0582. The van der Waals surface area contributed by atoms with Gasteiger partial charge in [-0.2, -0.15) is 0 Å². The Balaban J connectivity index is 4.32. The molecule has 46 heavy (non-hydrogen) atoms. The number of carbonyl (C=O) groups is 3. The van der Waals surface area contributed by atoms with Crippen molar-refractivity contribution in [2.75, 3.05) is 13.2 Å². The molecule has 0 aliphatic heterocycles. The maximum Gasteiger partial charge on any atom is 0.306 e. The molecule has 0 heterocycles. The minimum Gasteiger partial charge on any atom is -0.462 e. The summed E-state index contributed by atoms with van der Waals surface area (Å²) >= 11 is 0. The summed E-state index contributed by atoms with van der Waals surface area (Å²) in [6.07, 6.45) is 31.0. The van der Waals surface area contributed by atoms with Crippen LogP contribution in [0.5, 0.6) is 0 Å². The predicted octanol–water partition coefficient (Wildman–Crippen LogP) is 12.0.